The molecule has 4 atom stereocenters. The summed E-state index contributed by atoms with van der Waals surface area (Å²) in [5.74, 6) is 3.37. The molecule has 0 aliphatic rings. The summed E-state index contributed by atoms with van der Waals surface area (Å²) in [5.41, 5.74) is 0. The molecule has 0 aliphatic carbocycles. The number of carbonyl (C=O) groups excluding carboxylic acids is 1. The van der Waals surface area contributed by atoms with E-state index in [1.54, 1.807) is 0 Å². The number of ketones is 1. The fourth-order valence-corrected chi connectivity index (χ4v) is 0.844. The molecule has 8 nitrogen and oxygen atoms in total. The maximum atomic E-state index is 11.1. The van der Waals surface area contributed by atoms with Crippen LogP contribution in [0.5, 0.6) is 0 Å². The van der Waals surface area contributed by atoms with Crippen molar-refractivity contribution in [3.8, 4) is 0 Å². The molecule has 1 unspecified atom stereocenters. The van der Waals surface area contributed by atoms with Crippen molar-refractivity contribution in [3.63, 3.8) is 0 Å². The van der Waals surface area contributed by atoms with Gasteiger partial charge in [-0.2, -0.15) is 0 Å². The number of aliphatic hydroxyl groups is 5. The molecule has 15 heavy (non-hydrogen) atoms. The van der Waals surface area contributed by atoms with Crippen LogP contribution in [0.1, 0.15) is 0 Å². The van der Waals surface area contributed by atoms with E-state index in [4.69, 9.17) is 25.5 Å². The Morgan fingerprint density at radius 2 is 1.60 bits per heavy atom. The van der Waals surface area contributed by atoms with E-state index in [0.29, 0.717) is 0 Å². The van der Waals surface area contributed by atoms with Crippen LogP contribution in [0.3, 0.4) is 0 Å². The fraction of sp³-hybridized carbons (Fsp3) is 0.857. The van der Waals surface area contributed by atoms with Gasteiger partial charge in [-0.15, -0.1) is 0 Å². The number of Topliss-reactive ketones (excluding diaryl/α,β-unsaturated/α-hetero) is 1. The van der Waals surface area contributed by atoms with Gasteiger partial charge in [0.1, 0.15) is 24.4 Å². The molecule has 90 valence electrons. The molecule has 0 aromatic carbocycles. The lowest BCUT2D eigenvalue weighted by molar-refractivity contribution is -0.151. The number of carbonyl (C=O) groups is 1. The first-order chi connectivity index (χ1) is 6.95. The van der Waals surface area contributed by atoms with E-state index in [1.165, 1.54) is 0 Å². The molecule has 8 heteroatoms. The quantitative estimate of drug-likeness (QED) is 0.239. The van der Waals surface area contributed by atoms with E-state index in [0.717, 1.165) is 0 Å². The van der Waals surface area contributed by atoms with Crippen molar-refractivity contribution in [1.29, 1.82) is 0 Å². The second-order valence-corrected chi connectivity index (χ2v) is 2.94. The SMILES string of the molecule is NOCC(O)[C@H](O)C(=O)[C@H](O)[C@H](O)CO. The molecule has 0 heterocycles. The molecule has 7 N–H and O–H groups in total. The zero-order valence-electron chi connectivity index (χ0n) is 7.85. The number of aliphatic hydroxyl groups excluding tert-OH is 5. The summed E-state index contributed by atoms with van der Waals surface area (Å²) in [6.45, 7) is -1.35. The number of hydrogen-bond acceptors (Lipinski definition) is 8. The molecule has 0 amide bonds. The third-order valence-electron chi connectivity index (χ3n) is 1.77. The van der Waals surface area contributed by atoms with Gasteiger partial charge >= 0.3 is 0 Å². The summed E-state index contributed by atoms with van der Waals surface area (Å²) in [6, 6.07) is 0. The average Bonchev–Trinajstić information content (AvgIpc) is 2.25. The Balaban J connectivity index is 4.30. The topological polar surface area (TPSA) is 153 Å². The standard InChI is InChI=1S/C7H15NO7/c8-15-2-4(11)6(13)7(14)5(12)3(10)1-9/h3-6,9-13H,1-2,8H2/t3-,4?,5-,6+/m1/s1. The average molecular weight is 225 g/mol. The van der Waals surface area contributed by atoms with Gasteiger partial charge in [0, 0.05) is 0 Å². The Morgan fingerprint density at radius 1 is 1.13 bits per heavy atom. The maximum absolute atomic E-state index is 11.1. The highest BCUT2D eigenvalue weighted by molar-refractivity contribution is 5.88. The largest absolute Gasteiger partial charge is 0.394 e. The third kappa shape index (κ3) is 4.18. The van der Waals surface area contributed by atoms with Crippen molar-refractivity contribution in [2.75, 3.05) is 13.2 Å². The summed E-state index contributed by atoms with van der Waals surface area (Å²) in [7, 11) is 0. The van der Waals surface area contributed by atoms with Crippen molar-refractivity contribution in [3.05, 3.63) is 0 Å². The van der Waals surface area contributed by atoms with Crippen LogP contribution < -0.4 is 5.90 Å². The Morgan fingerprint density at radius 3 is 2.00 bits per heavy atom. The van der Waals surface area contributed by atoms with E-state index in [1.807, 2.05) is 0 Å². The van der Waals surface area contributed by atoms with E-state index in [-0.39, 0.29) is 0 Å². The van der Waals surface area contributed by atoms with Gasteiger partial charge in [-0.05, 0) is 0 Å². The summed E-state index contributed by atoms with van der Waals surface area (Å²) in [5, 5.41) is 44.6. The molecule has 0 aliphatic heterocycles. The smallest absolute Gasteiger partial charge is 0.195 e. The van der Waals surface area contributed by atoms with Crippen LogP contribution in [0, 0.1) is 0 Å². The molecule has 0 saturated heterocycles. The Bertz CT molecular complexity index is 200. The lowest BCUT2D eigenvalue weighted by Gasteiger charge is -2.20. The minimum absolute atomic E-state index is 0.505. The van der Waals surface area contributed by atoms with Crippen molar-refractivity contribution in [2.45, 2.75) is 24.4 Å². The van der Waals surface area contributed by atoms with Gasteiger partial charge in [0.25, 0.3) is 0 Å². The van der Waals surface area contributed by atoms with Crippen molar-refractivity contribution in [2.24, 2.45) is 5.90 Å². The number of hydrogen-bond donors (Lipinski definition) is 6. The van der Waals surface area contributed by atoms with Gasteiger partial charge in [0.05, 0.1) is 13.2 Å². The summed E-state index contributed by atoms with van der Waals surface area (Å²) < 4.78 is 0. The van der Waals surface area contributed by atoms with Crippen LogP contribution >= 0.6 is 0 Å². The van der Waals surface area contributed by atoms with E-state index < -0.39 is 43.4 Å². The highest BCUT2D eigenvalue weighted by Crippen LogP contribution is 2.03. The Hall–Kier alpha value is -0.610. The first-order valence-corrected chi connectivity index (χ1v) is 4.14. The van der Waals surface area contributed by atoms with Crippen LogP contribution in [0.15, 0.2) is 0 Å². The second kappa shape index (κ2) is 6.80. The first kappa shape index (κ1) is 14.4. The number of nitrogens with two attached hydrogens (primary N) is 1. The normalized spacial score (nSPS) is 19.3. The minimum atomic E-state index is -1.97. The lowest BCUT2D eigenvalue weighted by Crippen LogP contribution is -2.47. The van der Waals surface area contributed by atoms with Crippen LogP contribution in [0.2, 0.25) is 0 Å². The summed E-state index contributed by atoms with van der Waals surface area (Å²) >= 11 is 0. The summed E-state index contributed by atoms with van der Waals surface area (Å²) in [4.78, 5) is 15.1. The first-order valence-electron chi connectivity index (χ1n) is 4.14. The Labute approximate surface area is 85.5 Å². The molecule has 0 aromatic rings. The van der Waals surface area contributed by atoms with Crippen molar-refractivity contribution >= 4 is 5.78 Å². The van der Waals surface area contributed by atoms with Crippen LogP contribution in [0.25, 0.3) is 0 Å². The predicted octanol–water partition coefficient (Wildman–Crippen LogP) is -4.12. The molecule has 0 radical (unpaired) electrons. The van der Waals surface area contributed by atoms with E-state index >= 15 is 0 Å². The second-order valence-electron chi connectivity index (χ2n) is 2.94. The van der Waals surface area contributed by atoms with Gasteiger partial charge < -0.3 is 30.4 Å². The summed E-state index contributed by atoms with van der Waals surface area (Å²) in [6.07, 6.45) is -7.23. The lowest BCUT2D eigenvalue weighted by atomic mass is 10.0. The highest BCUT2D eigenvalue weighted by atomic mass is 16.6. The van der Waals surface area contributed by atoms with Gasteiger partial charge in [0.15, 0.2) is 5.78 Å². The van der Waals surface area contributed by atoms with Gasteiger partial charge in [0.2, 0.25) is 0 Å². The van der Waals surface area contributed by atoms with Gasteiger partial charge in [-0.3, -0.25) is 4.79 Å². The van der Waals surface area contributed by atoms with Crippen LogP contribution in [0.4, 0.5) is 0 Å². The maximum Gasteiger partial charge on any atom is 0.195 e. The molecule has 0 aromatic heterocycles. The number of rotatable bonds is 7. The zero-order valence-corrected chi connectivity index (χ0v) is 7.85. The van der Waals surface area contributed by atoms with Gasteiger partial charge in [-0.25, -0.2) is 5.90 Å². The molecule has 0 bridgehead atoms. The van der Waals surface area contributed by atoms with Gasteiger partial charge in [-0.1, -0.05) is 0 Å². The third-order valence-corrected chi connectivity index (χ3v) is 1.77. The zero-order chi connectivity index (χ0) is 12.0. The predicted molar refractivity (Wildman–Crippen MR) is 46.3 cm³/mol. The van der Waals surface area contributed by atoms with Crippen LogP contribution in [-0.2, 0) is 9.63 Å². The molecule has 0 saturated carbocycles. The van der Waals surface area contributed by atoms with Crippen molar-refractivity contribution < 1.29 is 35.2 Å². The van der Waals surface area contributed by atoms with E-state index in [2.05, 4.69) is 10.7 Å². The molecular formula is C7H15NO7. The molecule has 0 fully saturated rings. The van der Waals surface area contributed by atoms with Crippen LogP contribution in [-0.4, -0.2) is 68.9 Å². The molecular weight excluding hydrogens is 210 g/mol. The monoisotopic (exact) mass is 225 g/mol. The van der Waals surface area contributed by atoms with E-state index in [9.17, 15) is 4.79 Å². The van der Waals surface area contributed by atoms with Crippen molar-refractivity contribution in [1.82, 2.24) is 0 Å². The molecule has 0 rings (SSSR count). The fourth-order valence-electron chi connectivity index (χ4n) is 0.844. The minimum Gasteiger partial charge on any atom is -0.394 e. The Kier molecular flexibility index (Phi) is 6.52. The molecule has 0 spiro atoms. The highest BCUT2D eigenvalue weighted by Gasteiger charge is 2.33.